The van der Waals surface area contributed by atoms with Gasteiger partial charge in [-0.3, -0.25) is 4.79 Å². The number of carbonyl (C=O) groups is 1. The van der Waals surface area contributed by atoms with E-state index in [0.717, 1.165) is 25.7 Å². The van der Waals surface area contributed by atoms with Crippen molar-refractivity contribution in [2.24, 2.45) is 0 Å². The molecule has 1 saturated carbocycles. The Morgan fingerprint density at radius 3 is 2.41 bits per heavy atom. The summed E-state index contributed by atoms with van der Waals surface area (Å²) < 4.78 is 38.8. The number of halogens is 1. The lowest BCUT2D eigenvalue weighted by atomic mass is 9.95. The smallest absolute Gasteiger partial charge is 0.235 e. The van der Waals surface area contributed by atoms with Crippen LogP contribution in [0.1, 0.15) is 37.7 Å². The maximum Gasteiger partial charge on any atom is 0.235 e. The van der Waals surface area contributed by atoms with Gasteiger partial charge in [0.1, 0.15) is 5.82 Å². The molecule has 0 saturated heterocycles. The molecule has 0 aromatic heterocycles. The van der Waals surface area contributed by atoms with Crippen LogP contribution in [-0.2, 0) is 20.6 Å². The Balaban J connectivity index is 1.78. The third-order valence-corrected chi connectivity index (χ3v) is 4.99. The highest BCUT2D eigenvalue weighted by molar-refractivity contribution is 7.88. The van der Waals surface area contributed by atoms with Crippen LogP contribution in [0, 0.1) is 5.82 Å². The average molecular weight is 328 g/mol. The van der Waals surface area contributed by atoms with E-state index in [2.05, 4.69) is 10.0 Å². The van der Waals surface area contributed by atoms with Crippen molar-refractivity contribution in [2.75, 3.05) is 6.54 Å². The highest BCUT2D eigenvalue weighted by atomic mass is 32.2. The molecule has 7 heteroatoms. The monoisotopic (exact) mass is 328 g/mol. The summed E-state index contributed by atoms with van der Waals surface area (Å²) in [5.74, 6) is -1.00. The van der Waals surface area contributed by atoms with Crippen molar-refractivity contribution in [1.82, 2.24) is 10.0 Å². The molecule has 0 aliphatic heterocycles. The summed E-state index contributed by atoms with van der Waals surface area (Å²) in [5.41, 5.74) is 0.474. The van der Waals surface area contributed by atoms with Crippen molar-refractivity contribution in [2.45, 2.75) is 43.9 Å². The third-order valence-electron chi connectivity index (χ3n) is 3.69. The van der Waals surface area contributed by atoms with Crippen molar-refractivity contribution in [3.8, 4) is 0 Å². The van der Waals surface area contributed by atoms with E-state index in [1.54, 1.807) is 0 Å². The SMILES string of the molecule is O=C(CNS(=O)(=O)Cc1ccc(F)cc1)NC1CCCCC1. The van der Waals surface area contributed by atoms with Gasteiger partial charge in [0.25, 0.3) is 0 Å². The number of carbonyl (C=O) groups excluding carboxylic acids is 1. The first-order valence-corrected chi connectivity index (χ1v) is 9.11. The fraction of sp³-hybridized carbons (Fsp3) is 0.533. The van der Waals surface area contributed by atoms with Gasteiger partial charge in [0.2, 0.25) is 15.9 Å². The molecule has 2 rings (SSSR count). The Bertz CT molecular complexity index is 596. The molecule has 0 atom stereocenters. The first kappa shape index (κ1) is 16.9. The van der Waals surface area contributed by atoms with Crippen LogP contribution >= 0.6 is 0 Å². The second-order valence-electron chi connectivity index (χ2n) is 5.61. The molecule has 1 aliphatic rings. The van der Waals surface area contributed by atoms with Crippen molar-refractivity contribution < 1.29 is 17.6 Å². The minimum absolute atomic E-state index is 0.155. The predicted molar refractivity (Wildman–Crippen MR) is 82.0 cm³/mol. The molecule has 0 heterocycles. The van der Waals surface area contributed by atoms with E-state index in [9.17, 15) is 17.6 Å². The fourth-order valence-electron chi connectivity index (χ4n) is 2.55. The summed E-state index contributed by atoms with van der Waals surface area (Å²) in [4.78, 5) is 11.8. The number of hydrogen-bond donors (Lipinski definition) is 2. The highest BCUT2D eigenvalue weighted by Gasteiger charge is 2.17. The molecule has 1 fully saturated rings. The number of amides is 1. The van der Waals surface area contributed by atoms with E-state index in [1.807, 2.05) is 0 Å². The number of sulfonamides is 1. The van der Waals surface area contributed by atoms with Gasteiger partial charge in [-0.15, -0.1) is 0 Å². The summed E-state index contributed by atoms with van der Waals surface area (Å²) >= 11 is 0. The lowest BCUT2D eigenvalue weighted by molar-refractivity contribution is -0.120. The minimum atomic E-state index is -3.62. The van der Waals surface area contributed by atoms with Gasteiger partial charge in [-0.1, -0.05) is 31.4 Å². The molecule has 1 aliphatic carbocycles. The van der Waals surface area contributed by atoms with Gasteiger partial charge < -0.3 is 5.32 Å². The van der Waals surface area contributed by atoms with E-state index < -0.39 is 15.8 Å². The van der Waals surface area contributed by atoms with E-state index in [-0.39, 0.29) is 24.2 Å². The number of benzene rings is 1. The molecular weight excluding hydrogens is 307 g/mol. The van der Waals surface area contributed by atoms with Crippen molar-refractivity contribution in [1.29, 1.82) is 0 Å². The molecular formula is C15H21FN2O3S. The molecule has 122 valence electrons. The van der Waals surface area contributed by atoms with Gasteiger partial charge in [-0.2, -0.15) is 0 Å². The van der Waals surface area contributed by atoms with E-state index in [1.165, 1.54) is 30.7 Å². The Morgan fingerprint density at radius 2 is 1.77 bits per heavy atom. The van der Waals surface area contributed by atoms with Crippen LogP contribution < -0.4 is 10.0 Å². The largest absolute Gasteiger partial charge is 0.352 e. The highest BCUT2D eigenvalue weighted by Crippen LogP contribution is 2.17. The molecule has 0 radical (unpaired) electrons. The first-order valence-electron chi connectivity index (χ1n) is 7.46. The molecule has 1 aromatic carbocycles. The standard InChI is InChI=1S/C15H21FN2O3S/c16-13-8-6-12(7-9-13)11-22(20,21)17-10-15(19)18-14-4-2-1-3-5-14/h6-9,14,17H,1-5,10-11H2,(H,18,19). The fourth-order valence-corrected chi connectivity index (χ4v) is 3.64. The summed E-state index contributed by atoms with van der Waals surface area (Å²) in [5, 5.41) is 2.85. The molecule has 5 nitrogen and oxygen atoms in total. The van der Waals surface area contributed by atoms with Gasteiger partial charge in [-0.05, 0) is 30.5 Å². The number of hydrogen-bond acceptors (Lipinski definition) is 3. The summed E-state index contributed by atoms with van der Waals surface area (Å²) in [6.07, 6.45) is 5.29. The zero-order chi connectivity index (χ0) is 16.0. The Labute approximate surface area is 130 Å². The normalized spacial score (nSPS) is 16.4. The quantitative estimate of drug-likeness (QED) is 0.834. The second kappa shape index (κ2) is 7.69. The lowest BCUT2D eigenvalue weighted by Gasteiger charge is -2.22. The zero-order valence-electron chi connectivity index (χ0n) is 12.3. The van der Waals surface area contributed by atoms with Crippen LogP contribution in [-0.4, -0.2) is 26.9 Å². The van der Waals surface area contributed by atoms with Gasteiger partial charge in [0.15, 0.2) is 0 Å². The Kier molecular flexibility index (Phi) is 5.90. The van der Waals surface area contributed by atoms with Gasteiger partial charge in [-0.25, -0.2) is 17.5 Å². The summed E-state index contributed by atoms with van der Waals surface area (Å²) in [6.45, 7) is -0.264. The molecule has 1 amide bonds. The Hall–Kier alpha value is -1.47. The molecule has 0 unspecified atom stereocenters. The van der Waals surface area contributed by atoms with Crippen molar-refractivity contribution in [3.05, 3.63) is 35.6 Å². The molecule has 0 spiro atoms. The van der Waals surface area contributed by atoms with Gasteiger partial charge in [0, 0.05) is 6.04 Å². The predicted octanol–water partition coefficient (Wildman–Crippen LogP) is 1.69. The average Bonchev–Trinajstić information content (AvgIpc) is 2.49. The van der Waals surface area contributed by atoms with Crippen molar-refractivity contribution in [3.63, 3.8) is 0 Å². The topological polar surface area (TPSA) is 75.3 Å². The van der Waals surface area contributed by atoms with Gasteiger partial charge in [0.05, 0.1) is 12.3 Å². The Morgan fingerprint density at radius 1 is 1.14 bits per heavy atom. The van der Waals surface area contributed by atoms with E-state index in [4.69, 9.17) is 0 Å². The molecule has 0 bridgehead atoms. The molecule has 2 N–H and O–H groups in total. The first-order chi connectivity index (χ1) is 10.4. The number of rotatable bonds is 6. The molecule has 22 heavy (non-hydrogen) atoms. The maximum absolute atomic E-state index is 12.8. The second-order valence-corrected chi connectivity index (χ2v) is 7.42. The van der Waals surface area contributed by atoms with Crippen LogP contribution in [0.4, 0.5) is 4.39 Å². The summed E-state index contributed by atoms with van der Waals surface area (Å²) in [7, 11) is -3.62. The lowest BCUT2D eigenvalue weighted by Crippen LogP contribution is -2.42. The van der Waals surface area contributed by atoms with E-state index in [0.29, 0.717) is 5.56 Å². The van der Waals surface area contributed by atoms with Gasteiger partial charge >= 0.3 is 0 Å². The van der Waals surface area contributed by atoms with Crippen LogP contribution in [0.15, 0.2) is 24.3 Å². The van der Waals surface area contributed by atoms with Crippen LogP contribution in [0.25, 0.3) is 0 Å². The van der Waals surface area contributed by atoms with Crippen molar-refractivity contribution >= 4 is 15.9 Å². The third kappa shape index (κ3) is 5.73. The van der Waals surface area contributed by atoms with Crippen LogP contribution in [0.2, 0.25) is 0 Å². The maximum atomic E-state index is 12.8. The van der Waals surface area contributed by atoms with Crippen LogP contribution in [0.5, 0.6) is 0 Å². The minimum Gasteiger partial charge on any atom is -0.352 e. The zero-order valence-corrected chi connectivity index (χ0v) is 13.2. The van der Waals surface area contributed by atoms with Crippen LogP contribution in [0.3, 0.4) is 0 Å². The molecule has 1 aromatic rings. The number of nitrogens with one attached hydrogen (secondary N) is 2. The summed E-state index contributed by atoms with van der Waals surface area (Å²) in [6, 6.07) is 5.40. The van der Waals surface area contributed by atoms with E-state index >= 15 is 0 Å².